The van der Waals surface area contributed by atoms with Crippen LogP contribution in [0.4, 0.5) is 4.79 Å². The number of hydrogen-bond donors (Lipinski definition) is 2. The van der Waals surface area contributed by atoms with E-state index in [2.05, 4.69) is 21.3 Å². The van der Waals surface area contributed by atoms with Crippen LogP contribution >= 0.6 is 0 Å². The Balaban J connectivity index is 1.51. The average Bonchev–Trinajstić information content (AvgIpc) is 3.13. The monoisotopic (exact) mass is 378 g/mol. The molecule has 2 heterocycles. The number of fused-ring (bicyclic) bond motifs is 1. The summed E-state index contributed by atoms with van der Waals surface area (Å²) in [7, 11) is 0. The second kappa shape index (κ2) is 8.44. The summed E-state index contributed by atoms with van der Waals surface area (Å²) in [5.74, 6) is 0.879. The number of nitrogens with one attached hydrogen (secondary N) is 2. The largest absolute Gasteiger partial charge is 0.445 e. The number of ether oxygens (including phenoxy) is 1. The number of amides is 1. The Kier molecular flexibility index (Phi) is 5.58. The van der Waals surface area contributed by atoms with Crippen molar-refractivity contribution in [2.75, 3.05) is 13.1 Å². The third kappa shape index (κ3) is 4.02. The predicted molar refractivity (Wildman–Crippen MR) is 109 cm³/mol. The Hall–Kier alpha value is -2.86. The number of aromatic nitrogens is 2. The number of rotatable bonds is 5. The summed E-state index contributed by atoms with van der Waals surface area (Å²) in [5.41, 5.74) is 3.05. The van der Waals surface area contributed by atoms with Gasteiger partial charge in [-0.15, -0.1) is 0 Å². The van der Waals surface area contributed by atoms with E-state index in [9.17, 15) is 4.79 Å². The molecule has 4 rings (SSSR count). The molecule has 6 heteroatoms. The van der Waals surface area contributed by atoms with Crippen molar-refractivity contribution in [2.24, 2.45) is 0 Å². The van der Waals surface area contributed by atoms with Gasteiger partial charge in [0.2, 0.25) is 0 Å². The fourth-order valence-corrected chi connectivity index (χ4v) is 3.82. The molecule has 1 saturated heterocycles. The number of carbonyl (C=O) groups is 1. The molecule has 6 nitrogen and oxygen atoms in total. The fourth-order valence-electron chi connectivity index (χ4n) is 3.82. The molecule has 0 saturated carbocycles. The maximum atomic E-state index is 12.3. The summed E-state index contributed by atoms with van der Waals surface area (Å²) >= 11 is 0. The molecule has 1 aliphatic heterocycles. The van der Waals surface area contributed by atoms with Crippen LogP contribution in [0.25, 0.3) is 11.0 Å². The SMILES string of the molecule is C[C@H](NC(=O)OCc1ccccc1)c1nc2ccccc2n1C1CCNCC1. The molecule has 1 atom stereocenters. The van der Waals surface area contributed by atoms with Crippen LogP contribution in [0, 0.1) is 0 Å². The molecule has 2 N–H and O–H groups in total. The standard InChI is InChI=1S/C22H26N4O2/c1-16(24-22(27)28-15-17-7-3-2-4-8-17)21-25-19-9-5-6-10-20(19)26(21)18-11-13-23-14-12-18/h2-10,16,18,23H,11-15H2,1H3,(H,24,27)/t16-/m0/s1. The summed E-state index contributed by atoms with van der Waals surface area (Å²) in [4.78, 5) is 17.2. The van der Waals surface area contributed by atoms with Crippen LogP contribution in [0.3, 0.4) is 0 Å². The van der Waals surface area contributed by atoms with Gasteiger partial charge in [-0.1, -0.05) is 42.5 Å². The first-order chi connectivity index (χ1) is 13.7. The lowest BCUT2D eigenvalue weighted by atomic mass is 10.1. The lowest BCUT2D eigenvalue weighted by Gasteiger charge is -2.27. The molecule has 1 fully saturated rings. The van der Waals surface area contributed by atoms with Gasteiger partial charge in [-0.2, -0.15) is 0 Å². The smallest absolute Gasteiger partial charge is 0.408 e. The Morgan fingerprint density at radius 1 is 1.18 bits per heavy atom. The van der Waals surface area contributed by atoms with Gasteiger partial charge in [-0.3, -0.25) is 0 Å². The van der Waals surface area contributed by atoms with Gasteiger partial charge >= 0.3 is 6.09 Å². The minimum absolute atomic E-state index is 0.245. The van der Waals surface area contributed by atoms with E-state index in [1.54, 1.807) is 0 Å². The second-order valence-electron chi connectivity index (χ2n) is 7.24. The van der Waals surface area contributed by atoms with Crippen LogP contribution < -0.4 is 10.6 Å². The molecule has 1 amide bonds. The van der Waals surface area contributed by atoms with E-state index in [-0.39, 0.29) is 12.6 Å². The molecule has 1 aliphatic rings. The number of nitrogens with zero attached hydrogens (tertiary/aromatic N) is 2. The van der Waals surface area contributed by atoms with E-state index in [1.165, 1.54) is 0 Å². The van der Waals surface area contributed by atoms with Crippen LogP contribution in [0.5, 0.6) is 0 Å². The number of piperidine rings is 1. The van der Waals surface area contributed by atoms with Gasteiger partial charge in [0, 0.05) is 6.04 Å². The van der Waals surface area contributed by atoms with Gasteiger partial charge in [-0.25, -0.2) is 9.78 Å². The van der Waals surface area contributed by atoms with Gasteiger partial charge in [0.1, 0.15) is 12.4 Å². The molecule has 0 spiro atoms. The third-order valence-corrected chi connectivity index (χ3v) is 5.23. The summed E-state index contributed by atoms with van der Waals surface area (Å²) < 4.78 is 7.69. The number of hydrogen-bond acceptors (Lipinski definition) is 4. The highest BCUT2D eigenvalue weighted by molar-refractivity contribution is 5.76. The number of alkyl carbamates (subject to hydrolysis) is 1. The Bertz CT molecular complexity index is 932. The van der Waals surface area contributed by atoms with Crippen LogP contribution in [-0.2, 0) is 11.3 Å². The molecule has 146 valence electrons. The normalized spacial score (nSPS) is 16.0. The number of imidazole rings is 1. The fraction of sp³-hybridized carbons (Fsp3) is 0.364. The summed E-state index contributed by atoms with van der Waals surface area (Å²) in [6, 6.07) is 18.0. The summed E-state index contributed by atoms with van der Waals surface area (Å²) in [6.07, 6.45) is 1.68. The quantitative estimate of drug-likeness (QED) is 0.705. The van der Waals surface area contributed by atoms with E-state index in [1.807, 2.05) is 55.5 Å². The van der Waals surface area contributed by atoms with Crippen molar-refractivity contribution in [3.8, 4) is 0 Å². The van der Waals surface area contributed by atoms with Crippen molar-refractivity contribution in [3.05, 3.63) is 66.0 Å². The number of carbonyl (C=O) groups excluding carboxylic acids is 1. The third-order valence-electron chi connectivity index (χ3n) is 5.23. The highest BCUT2D eigenvalue weighted by atomic mass is 16.5. The lowest BCUT2D eigenvalue weighted by Crippen LogP contribution is -2.33. The molecule has 0 unspecified atom stereocenters. The van der Waals surface area contributed by atoms with Crippen molar-refractivity contribution in [2.45, 2.75) is 38.5 Å². The van der Waals surface area contributed by atoms with Gasteiger partial charge in [0.25, 0.3) is 0 Å². The first-order valence-corrected chi connectivity index (χ1v) is 9.87. The van der Waals surface area contributed by atoms with Crippen LogP contribution in [-0.4, -0.2) is 28.7 Å². The first kappa shape index (κ1) is 18.5. The number of para-hydroxylation sites is 2. The average molecular weight is 378 g/mol. The van der Waals surface area contributed by atoms with E-state index >= 15 is 0 Å². The van der Waals surface area contributed by atoms with E-state index in [4.69, 9.17) is 9.72 Å². The molecular formula is C22H26N4O2. The second-order valence-corrected chi connectivity index (χ2v) is 7.24. The van der Waals surface area contributed by atoms with Crippen LogP contribution in [0.2, 0.25) is 0 Å². The van der Waals surface area contributed by atoms with E-state index < -0.39 is 6.09 Å². The van der Waals surface area contributed by atoms with Crippen LogP contribution in [0.1, 0.15) is 43.2 Å². The zero-order valence-electron chi connectivity index (χ0n) is 16.1. The van der Waals surface area contributed by atoms with Crippen molar-refractivity contribution >= 4 is 17.1 Å². The Labute approximate surface area is 164 Å². The Morgan fingerprint density at radius 3 is 2.68 bits per heavy atom. The van der Waals surface area contributed by atoms with Gasteiger partial charge in [-0.05, 0) is 50.6 Å². The molecular weight excluding hydrogens is 352 g/mol. The minimum atomic E-state index is -0.430. The first-order valence-electron chi connectivity index (χ1n) is 9.87. The molecule has 2 aromatic carbocycles. The molecule has 1 aromatic heterocycles. The zero-order chi connectivity index (χ0) is 19.3. The predicted octanol–water partition coefficient (Wildman–Crippen LogP) is 3.95. The van der Waals surface area contributed by atoms with Gasteiger partial charge in [0.15, 0.2) is 0 Å². The zero-order valence-corrected chi connectivity index (χ0v) is 16.1. The lowest BCUT2D eigenvalue weighted by molar-refractivity contribution is 0.135. The summed E-state index contributed by atoms with van der Waals surface area (Å²) in [6.45, 7) is 4.21. The Morgan fingerprint density at radius 2 is 1.89 bits per heavy atom. The summed E-state index contributed by atoms with van der Waals surface area (Å²) in [5, 5.41) is 6.36. The van der Waals surface area contributed by atoms with Crippen molar-refractivity contribution in [1.82, 2.24) is 20.2 Å². The topological polar surface area (TPSA) is 68.2 Å². The van der Waals surface area contributed by atoms with Crippen molar-refractivity contribution < 1.29 is 9.53 Å². The van der Waals surface area contributed by atoms with Crippen molar-refractivity contribution in [3.63, 3.8) is 0 Å². The van der Waals surface area contributed by atoms with E-state index in [0.717, 1.165) is 48.4 Å². The van der Waals surface area contributed by atoms with Crippen LogP contribution in [0.15, 0.2) is 54.6 Å². The highest BCUT2D eigenvalue weighted by Gasteiger charge is 2.25. The van der Waals surface area contributed by atoms with Gasteiger partial charge < -0.3 is 19.9 Å². The molecule has 28 heavy (non-hydrogen) atoms. The number of benzene rings is 2. The maximum absolute atomic E-state index is 12.3. The molecule has 0 bridgehead atoms. The molecule has 0 radical (unpaired) electrons. The maximum Gasteiger partial charge on any atom is 0.408 e. The minimum Gasteiger partial charge on any atom is -0.445 e. The van der Waals surface area contributed by atoms with E-state index in [0.29, 0.717) is 6.04 Å². The highest BCUT2D eigenvalue weighted by Crippen LogP contribution is 2.29. The van der Waals surface area contributed by atoms with Crippen molar-refractivity contribution in [1.29, 1.82) is 0 Å². The van der Waals surface area contributed by atoms with Gasteiger partial charge in [0.05, 0.1) is 17.1 Å². The molecule has 3 aromatic rings. The molecule has 0 aliphatic carbocycles.